The molecule has 0 saturated carbocycles. The van der Waals surface area contributed by atoms with Crippen molar-refractivity contribution in [3.63, 3.8) is 0 Å². The number of benzene rings is 3. The Morgan fingerprint density at radius 3 is 2.13 bits per heavy atom. The molecule has 6 nitrogen and oxygen atoms in total. The molecule has 8 heteroatoms. The van der Waals surface area contributed by atoms with Crippen LogP contribution < -0.4 is 14.8 Å². The number of halogens is 2. The highest BCUT2D eigenvalue weighted by atomic mass is 19.1. The Bertz CT molecular complexity index is 1030. The van der Waals surface area contributed by atoms with Crippen molar-refractivity contribution in [3.05, 3.63) is 89.5 Å². The Balaban J connectivity index is 1.57. The molecule has 0 saturated heterocycles. The molecule has 1 amide bonds. The maximum Gasteiger partial charge on any atom is 0.335 e. The fraction of sp³-hybridized carbons (Fsp3) is 0.0909. The third-order valence-corrected chi connectivity index (χ3v) is 3.97. The van der Waals surface area contributed by atoms with Crippen LogP contribution in [0, 0.1) is 11.6 Å². The highest BCUT2D eigenvalue weighted by Gasteiger charge is 2.12. The second-order valence-electron chi connectivity index (χ2n) is 6.13. The van der Waals surface area contributed by atoms with E-state index >= 15 is 0 Å². The first kappa shape index (κ1) is 20.8. The average Bonchev–Trinajstić information content (AvgIpc) is 2.72. The predicted octanol–water partition coefficient (Wildman–Crippen LogP) is 4.37. The van der Waals surface area contributed by atoms with E-state index in [9.17, 15) is 18.4 Å². The molecule has 0 unspecified atom stereocenters. The molecule has 0 bridgehead atoms. The SMILES string of the molecule is O=C(O)c1ccc(OCCOc2ccccc2NC(=O)c2cc(F)cc(F)c2)cc1. The van der Waals surface area contributed by atoms with E-state index in [4.69, 9.17) is 14.6 Å². The number of amides is 1. The summed E-state index contributed by atoms with van der Waals surface area (Å²) in [6.07, 6.45) is 0. The molecule has 0 atom stereocenters. The molecule has 0 aliphatic rings. The largest absolute Gasteiger partial charge is 0.490 e. The summed E-state index contributed by atoms with van der Waals surface area (Å²) in [4.78, 5) is 23.1. The number of hydrogen-bond donors (Lipinski definition) is 2. The minimum Gasteiger partial charge on any atom is -0.490 e. The summed E-state index contributed by atoms with van der Waals surface area (Å²) >= 11 is 0. The Hall–Kier alpha value is -3.94. The normalized spacial score (nSPS) is 10.3. The number of carboxylic acid groups (broad SMARTS) is 1. The van der Waals surface area contributed by atoms with Crippen LogP contribution >= 0.6 is 0 Å². The molecular formula is C22H17F2NO5. The third kappa shape index (κ3) is 5.54. The van der Waals surface area contributed by atoms with Crippen LogP contribution in [-0.4, -0.2) is 30.2 Å². The van der Waals surface area contributed by atoms with Crippen LogP contribution in [0.5, 0.6) is 11.5 Å². The van der Waals surface area contributed by atoms with E-state index in [0.29, 0.717) is 23.3 Å². The maximum atomic E-state index is 13.3. The molecule has 3 aromatic rings. The zero-order valence-corrected chi connectivity index (χ0v) is 15.6. The lowest BCUT2D eigenvalue weighted by molar-refractivity contribution is 0.0696. The van der Waals surface area contributed by atoms with Gasteiger partial charge < -0.3 is 19.9 Å². The van der Waals surface area contributed by atoms with Crippen molar-refractivity contribution in [2.75, 3.05) is 18.5 Å². The fourth-order valence-electron chi connectivity index (χ4n) is 2.58. The topological polar surface area (TPSA) is 84.9 Å². The van der Waals surface area contributed by atoms with Crippen LogP contribution in [0.2, 0.25) is 0 Å². The summed E-state index contributed by atoms with van der Waals surface area (Å²) in [7, 11) is 0. The van der Waals surface area contributed by atoms with Gasteiger partial charge in [-0.15, -0.1) is 0 Å². The number of hydrogen-bond acceptors (Lipinski definition) is 4. The summed E-state index contributed by atoms with van der Waals surface area (Å²) in [5, 5.41) is 11.4. The molecule has 154 valence electrons. The van der Waals surface area contributed by atoms with Gasteiger partial charge in [0, 0.05) is 11.6 Å². The number of carboxylic acids is 1. The van der Waals surface area contributed by atoms with Crippen molar-refractivity contribution >= 4 is 17.6 Å². The lowest BCUT2D eigenvalue weighted by Crippen LogP contribution is -2.15. The molecule has 0 radical (unpaired) electrons. The minimum atomic E-state index is -1.02. The zero-order valence-electron chi connectivity index (χ0n) is 15.6. The summed E-state index contributed by atoms with van der Waals surface area (Å²) < 4.78 is 37.8. The molecule has 0 spiro atoms. The first-order valence-electron chi connectivity index (χ1n) is 8.88. The van der Waals surface area contributed by atoms with Gasteiger partial charge in [-0.05, 0) is 48.5 Å². The van der Waals surface area contributed by atoms with Crippen molar-refractivity contribution in [1.29, 1.82) is 0 Å². The molecule has 3 rings (SSSR count). The average molecular weight is 413 g/mol. The second kappa shape index (κ2) is 9.51. The number of rotatable bonds is 8. The number of carbonyl (C=O) groups is 2. The smallest absolute Gasteiger partial charge is 0.335 e. The van der Waals surface area contributed by atoms with Crippen LogP contribution in [0.15, 0.2) is 66.7 Å². The lowest BCUT2D eigenvalue weighted by Gasteiger charge is -2.13. The standard InChI is InChI=1S/C22H17F2NO5/c23-16-11-15(12-17(24)13-16)21(26)25-19-3-1-2-4-20(19)30-10-9-29-18-7-5-14(6-8-18)22(27)28/h1-8,11-13H,9-10H2,(H,25,26)(H,27,28). The first-order chi connectivity index (χ1) is 14.4. The fourth-order valence-corrected chi connectivity index (χ4v) is 2.58. The van der Waals surface area contributed by atoms with Gasteiger partial charge >= 0.3 is 5.97 Å². The lowest BCUT2D eigenvalue weighted by atomic mass is 10.2. The van der Waals surface area contributed by atoms with Gasteiger partial charge in [0.1, 0.15) is 36.3 Å². The van der Waals surface area contributed by atoms with Crippen molar-refractivity contribution in [3.8, 4) is 11.5 Å². The Kier molecular flexibility index (Phi) is 6.59. The van der Waals surface area contributed by atoms with E-state index < -0.39 is 23.5 Å². The molecule has 3 aromatic carbocycles. The van der Waals surface area contributed by atoms with E-state index in [0.717, 1.165) is 12.1 Å². The number of carbonyl (C=O) groups excluding carboxylic acids is 1. The zero-order chi connectivity index (χ0) is 21.5. The van der Waals surface area contributed by atoms with Crippen molar-refractivity contribution < 1.29 is 33.0 Å². The number of nitrogens with one attached hydrogen (secondary N) is 1. The Labute approximate surface area is 170 Å². The van der Waals surface area contributed by atoms with Crippen LogP contribution in [0.3, 0.4) is 0 Å². The monoisotopic (exact) mass is 413 g/mol. The maximum absolute atomic E-state index is 13.3. The van der Waals surface area contributed by atoms with E-state index in [-0.39, 0.29) is 24.3 Å². The summed E-state index contributed by atoms with van der Waals surface area (Å²) in [5.74, 6) is -2.56. The molecule has 0 aromatic heterocycles. The van der Waals surface area contributed by atoms with E-state index in [2.05, 4.69) is 5.32 Å². The highest BCUT2D eigenvalue weighted by molar-refractivity contribution is 6.05. The summed E-state index contributed by atoms with van der Waals surface area (Å²) in [6.45, 7) is 0.311. The Morgan fingerprint density at radius 2 is 1.47 bits per heavy atom. The van der Waals surface area contributed by atoms with Gasteiger partial charge in [-0.25, -0.2) is 13.6 Å². The van der Waals surface area contributed by atoms with Crippen molar-refractivity contribution in [2.45, 2.75) is 0 Å². The first-order valence-corrected chi connectivity index (χ1v) is 8.88. The van der Waals surface area contributed by atoms with Crippen molar-refractivity contribution in [1.82, 2.24) is 0 Å². The van der Waals surface area contributed by atoms with Gasteiger partial charge in [-0.3, -0.25) is 4.79 Å². The number of anilines is 1. The van der Waals surface area contributed by atoms with E-state index in [1.165, 1.54) is 24.3 Å². The highest BCUT2D eigenvalue weighted by Crippen LogP contribution is 2.24. The van der Waals surface area contributed by atoms with E-state index in [1.54, 1.807) is 24.3 Å². The number of aromatic carboxylic acids is 1. The summed E-state index contributed by atoms with van der Waals surface area (Å²) in [6, 6.07) is 15.1. The molecule has 0 aliphatic heterocycles. The molecule has 30 heavy (non-hydrogen) atoms. The van der Waals surface area contributed by atoms with Gasteiger partial charge in [-0.2, -0.15) is 0 Å². The summed E-state index contributed by atoms with van der Waals surface area (Å²) in [5.41, 5.74) is 0.329. The number of ether oxygens (including phenoxy) is 2. The quantitative estimate of drug-likeness (QED) is 0.536. The molecule has 2 N–H and O–H groups in total. The third-order valence-electron chi connectivity index (χ3n) is 3.97. The van der Waals surface area contributed by atoms with Crippen LogP contribution in [-0.2, 0) is 0 Å². The predicted molar refractivity (Wildman–Crippen MR) is 105 cm³/mol. The molecular weight excluding hydrogens is 396 g/mol. The van der Waals surface area contributed by atoms with Crippen LogP contribution in [0.1, 0.15) is 20.7 Å². The molecule has 0 heterocycles. The second-order valence-corrected chi connectivity index (χ2v) is 6.13. The van der Waals surface area contributed by atoms with Gasteiger partial charge in [-0.1, -0.05) is 12.1 Å². The van der Waals surface area contributed by atoms with Gasteiger partial charge in [0.15, 0.2) is 0 Å². The van der Waals surface area contributed by atoms with Crippen LogP contribution in [0.25, 0.3) is 0 Å². The number of para-hydroxylation sites is 2. The Morgan fingerprint density at radius 1 is 0.833 bits per heavy atom. The van der Waals surface area contributed by atoms with E-state index in [1.807, 2.05) is 0 Å². The van der Waals surface area contributed by atoms with Gasteiger partial charge in [0.2, 0.25) is 0 Å². The van der Waals surface area contributed by atoms with Gasteiger partial charge in [0.05, 0.1) is 11.3 Å². The van der Waals surface area contributed by atoms with Gasteiger partial charge in [0.25, 0.3) is 5.91 Å². The van der Waals surface area contributed by atoms with Crippen molar-refractivity contribution in [2.24, 2.45) is 0 Å². The van der Waals surface area contributed by atoms with Crippen LogP contribution in [0.4, 0.5) is 14.5 Å². The minimum absolute atomic E-state index is 0.141. The molecule has 0 fully saturated rings. The molecule has 0 aliphatic carbocycles.